The molecule has 0 saturated heterocycles. The van der Waals surface area contributed by atoms with E-state index in [9.17, 15) is 9.18 Å². The number of H-pyrrole nitrogens is 1. The van der Waals surface area contributed by atoms with Crippen molar-refractivity contribution in [3.63, 3.8) is 0 Å². The second-order valence-electron chi connectivity index (χ2n) is 4.75. The molecule has 92 valence electrons. The number of ketones is 1. The standard InChI is InChI=1S/C14H13FN2O/c1-8-14-12(17-16-8)6-10(7-13(14)18)9-2-4-11(15)5-3-9/h2-5,10H,6-7H2,1H3,(H,16,17)/t10-/m1/s1. The highest BCUT2D eigenvalue weighted by Crippen LogP contribution is 2.32. The van der Waals surface area contributed by atoms with Gasteiger partial charge in [-0.25, -0.2) is 4.39 Å². The Morgan fingerprint density at radius 2 is 2.00 bits per heavy atom. The summed E-state index contributed by atoms with van der Waals surface area (Å²) in [5.41, 5.74) is 3.41. The summed E-state index contributed by atoms with van der Waals surface area (Å²) in [6, 6.07) is 6.37. The first-order chi connectivity index (χ1) is 8.65. The minimum absolute atomic E-state index is 0.105. The number of fused-ring (bicyclic) bond motifs is 1. The quantitative estimate of drug-likeness (QED) is 0.838. The number of hydrogen-bond acceptors (Lipinski definition) is 2. The molecule has 1 aliphatic rings. The van der Waals surface area contributed by atoms with Crippen LogP contribution in [-0.2, 0) is 6.42 Å². The van der Waals surface area contributed by atoms with Crippen LogP contribution in [0.15, 0.2) is 24.3 Å². The van der Waals surface area contributed by atoms with Crippen LogP contribution in [0.2, 0.25) is 0 Å². The third-order valence-corrected chi connectivity index (χ3v) is 3.51. The average Bonchev–Trinajstić information content (AvgIpc) is 2.72. The second kappa shape index (κ2) is 4.05. The van der Waals surface area contributed by atoms with Crippen LogP contribution in [0.4, 0.5) is 4.39 Å². The highest BCUT2D eigenvalue weighted by atomic mass is 19.1. The Labute approximate surface area is 104 Å². The zero-order valence-electron chi connectivity index (χ0n) is 10.0. The average molecular weight is 244 g/mol. The molecule has 0 bridgehead atoms. The Kier molecular flexibility index (Phi) is 2.51. The Hall–Kier alpha value is -1.97. The van der Waals surface area contributed by atoms with Gasteiger partial charge in [-0.05, 0) is 37.0 Å². The highest BCUT2D eigenvalue weighted by Gasteiger charge is 2.29. The van der Waals surface area contributed by atoms with Crippen LogP contribution >= 0.6 is 0 Å². The number of aryl methyl sites for hydroxylation is 1. The molecule has 3 nitrogen and oxygen atoms in total. The number of aromatic amines is 1. The summed E-state index contributed by atoms with van der Waals surface area (Å²) in [5.74, 6) is -0.0256. The molecule has 18 heavy (non-hydrogen) atoms. The number of hydrogen-bond donors (Lipinski definition) is 1. The number of nitrogens with one attached hydrogen (secondary N) is 1. The molecular formula is C14H13FN2O. The van der Waals surface area contributed by atoms with E-state index in [-0.39, 0.29) is 17.5 Å². The largest absolute Gasteiger partial charge is 0.294 e. The van der Waals surface area contributed by atoms with E-state index in [1.807, 2.05) is 6.92 Å². The van der Waals surface area contributed by atoms with E-state index in [4.69, 9.17) is 0 Å². The summed E-state index contributed by atoms with van der Waals surface area (Å²) in [6.45, 7) is 1.86. The predicted molar refractivity (Wildman–Crippen MR) is 65.1 cm³/mol. The van der Waals surface area contributed by atoms with Gasteiger partial charge in [-0.2, -0.15) is 5.10 Å². The summed E-state index contributed by atoms with van der Waals surface area (Å²) in [4.78, 5) is 12.1. The van der Waals surface area contributed by atoms with Crippen molar-refractivity contribution in [2.75, 3.05) is 0 Å². The Balaban J connectivity index is 1.94. The molecular weight excluding hydrogens is 231 g/mol. The molecule has 1 aromatic carbocycles. The van der Waals surface area contributed by atoms with E-state index in [1.54, 1.807) is 12.1 Å². The summed E-state index contributed by atoms with van der Waals surface area (Å²) >= 11 is 0. The molecule has 0 radical (unpaired) electrons. The molecule has 0 aliphatic heterocycles. The van der Waals surface area contributed by atoms with Gasteiger partial charge >= 0.3 is 0 Å². The Morgan fingerprint density at radius 3 is 2.72 bits per heavy atom. The monoisotopic (exact) mass is 244 g/mol. The van der Waals surface area contributed by atoms with Gasteiger partial charge in [0.25, 0.3) is 0 Å². The van der Waals surface area contributed by atoms with Gasteiger partial charge in [0.2, 0.25) is 0 Å². The van der Waals surface area contributed by atoms with Crippen molar-refractivity contribution in [2.24, 2.45) is 0 Å². The minimum Gasteiger partial charge on any atom is -0.294 e. The Bertz CT molecular complexity index is 601. The van der Waals surface area contributed by atoms with Crippen molar-refractivity contribution in [3.05, 3.63) is 52.6 Å². The number of aromatic nitrogens is 2. The zero-order valence-corrected chi connectivity index (χ0v) is 10.0. The van der Waals surface area contributed by atoms with Crippen molar-refractivity contribution in [1.82, 2.24) is 10.2 Å². The van der Waals surface area contributed by atoms with Gasteiger partial charge in [0.15, 0.2) is 5.78 Å². The SMILES string of the molecule is Cc1[nH]nc2c1C(=O)C[C@H](c1ccc(F)cc1)C2. The molecule has 1 heterocycles. The molecule has 1 N–H and O–H groups in total. The third-order valence-electron chi connectivity index (χ3n) is 3.51. The maximum Gasteiger partial charge on any atom is 0.167 e. The lowest BCUT2D eigenvalue weighted by Crippen LogP contribution is -2.18. The van der Waals surface area contributed by atoms with E-state index in [0.29, 0.717) is 6.42 Å². The molecule has 1 atom stereocenters. The summed E-state index contributed by atoms with van der Waals surface area (Å²) in [5, 5.41) is 7.04. The highest BCUT2D eigenvalue weighted by molar-refractivity contribution is 5.99. The van der Waals surface area contributed by atoms with Crippen molar-refractivity contribution in [3.8, 4) is 0 Å². The third kappa shape index (κ3) is 1.74. The lowest BCUT2D eigenvalue weighted by atomic mass is 9.82. The molecule has 0 fully saturated rings. The van der Waals surface area contributed by atoms with Crippen LogP contribution < -0.4 is 0 Å². The van der Waals surface area contributed by atoms with Crippen molar-refractivity contribution in [2.45, 2.75) is 25.7 Å². The molecule has 4 heteroatoms. The van der Waals surface area contributed by atoms with E-state index in [1.165, 1.54) is 12.1 Å². The summed E-state index contributed by atoms with van der Waals surface area (Å²) in [6.07, 6.45) is 1.20. The summed E-state index contributed by atoms with van der Waals surface area (Å²) in [7, 11) is 0. The molecule has 0 spiro atoms. The van der Waals surface area contributed by atoms with Gasteiger partial charge in [-0.1, -0.05) is 12.1 Å². The fourth-order valence-electron chi connectivity index (χ4n) is 2.60. The predicted octanol–water partition coefficient (Wildman–Crippen LogP) is 2.77. The number of nitrogens with zero attached hydrogens (tertiary/aromatic N) is 1. The van der Waals surface area contributed by atoms with Gasteiger partial charge in [0.05, 0.1) is 11.3 Å². The maximum atomic E-state index is 12.9. The minimum atomic E-state index is -0.253. The first-order valence-electron chi connectivity index (χ1n) is 5.97. The fraction of sp³-hybridized carbons (Fsp3) is 0.286. The molecule has 2 aromatic rings. The van der Waals surface area contributed by atoms with Gasteiger partial charge in [0.1, 0.15) is 5.82 Å². The molecule has 0 unspecified atom stereocenters. The molecule has 1 aromatic heterocycles. The number of rotatable bonds is 1. The number of benzene rings is 1. The number of carbonyl (C=O) groups is 1. The lowest BCUT2D eigenvalue weighted by Gasteiger charge is -2.21. The fourth-order valence-corrected chi connectivity index (χ4v) is 2.60. The van der Waals surface area contributed by atoms with Gasteiger partial charge < -0.3 is 0 Å². The lowest BCUT2D eigenvalue weighted by molar-refractivity contribution is 0.0963. The molecule has 3 rings (SSSR count). The van der Waals surface area contributed by atoms with Crippen molar-refractivity contribution in [1.29, 1.82) is 0 Å². The van der Waals surface area contributed by atoms with Crippen molar-refractivity contribution < 1.29 is 9.18 Å². The normalized spacial score (nSPS) is 18.8. The number of carbonyl (C=O) groups excluding carboxylic acids is 1. The van der Waals surface area contributed by atoms with Crippen LogP contribution in [0.1, 0.15) is 39.6 Å². The van der Waals surface area contributed by atoms with Gasteiger partial charge in [-0.3, -0.25) is 9.89 Å². The van der Waals surface area contributed by atoms with Crippen LogP contribution in [0.5, 0.6) is 0 Å². The topological polar surface area (TPSA) is 45.8 Å². The van der Waals surface area contributed by atoms with Crippen molar-refractivity contribution >= 4 is 5.78 Å². The van der Waals surface area contributed by atoms with Crippen LogP contribution in [-0.4, -0.2) is 16.0 Å². The van der Waals surface area contributed by atoms with Gasteiger partial charge in [-0.15, -0.1) is 0 Å². The number of Topliss-reactive ketones (excluding diaryl/α,β-unsaturated/α-hetero) is 1. The van der Waals surface area contributed by atoms with Crippen LogP contribution in [0.25, 0.3) is 0 Å². The molecule has 0 saturated carbocycles. The van der Waals surface area contributed by atoms with Crippen LogP contribution in [0, 0.1) is 12.7 Å². The maximum absolute atomic E-state index is 12.9. The van der Waals surface area contributed by atoms with E-state index in [0.717, 1.165) is 28.9 Å². The molecule has 1 aliphatic carbocycles. The van der Waals surface area contributed by atoms with Gasteiger partial charge in [0, 0.05) is 12.1 Å². The first-order valence-corrected chi connectivity index (χ1v) is 5.97. The van der Waals surface area contributed by atoms with E-state index >= 15 is 0 Å². The summed E-state index contributed by atoms with van der Waals surface area (Å²) < 4.78 is 12.9. The zero-order chi connectivity index (χ0) is 12.7. The molecule has 0 amide bonds. The second-order valence-corrected chi connectivity index (χ2v) is 4.75. The first kappa shape index (κ1) is 11.1. The smallest absolute Gasteiger partial charge is 0.167 e. The Morgan fingerprint density at radius 1 is 1.28 bits per heavy atom. The van der Waals surface area contributed by atoms with E-state index < -0.39 is 0 Å². The number of halogens is 1. The van der Waals surface area contributed by atoms with E-state index in [2.05, 4.69) is 10.2 Å². The van der Waals surface area contributed by atoms with Crippen LogP contribution in [0.3, 0.4) is 0 Å².